The van der Waals surface area contributed by atoms with E-state index in [1.807, 2.05) is 7.05 Å². The predicted molar refractivity (Wildman–Crippen MR) is 97.5 cm³/mol. The molecule has 1 fully saturated rings. The summed E-state index contributed by atoms with van der Waals surface area (Å²) in [6.07, 6.45) is 3.71. The number of hydrogen-bond acceptors (Lipinski definition) is 6. The molecule has 0 aliphatic carbocycles. The number of carbonyl (C=O) groups is 1. The minimum absolute atomic E-state index is 0.0990. The number of carboxylic acids is 1. The van der Waals surface area contributed by atoms with Crippen LogP contribution in [0.4, 0.5) is 21.7 Å². The number of anilines is 3. The number of benzene rings is 1. The third-order valence-corrected chi connectivity index (χ3v) is 4.51. The zero-order valence-electron chi connectivity index (χ0n) is 14.6. The van der Waals surface area contributed by atoms with Crippen LogP contribution in [0.2, 0.25) is 0 Å². The molecule has 3 N–H and O–H groups in total. The quantitative estimate of drug-likeness (QED) is 0.730. The summed E-state index contributed by atoms with van der Waals surface area (Å²) in [5.74, 6) is 0.0128. The molecule has 138 valence electrons. The van der Waals surface area contributed by atoms with E-state index in [0.717, 1.165) is 44.4 Å². The molecule has 1 aliphatic rings. The maximum Gasteiger partial charge on any atom is 0.335 e. The minimum atomic E-state index is -1.17. The fourth-order valence-electron chi connectivity index (χ4n) is 3.06. The summed E-state index contributed by atoms with van der Waals surface area (Å²) >= 11 is 0. The van der Waals surface area contributed by atoms with E-state index in [1.165, 1.54) is 18.5 Å². The molecule has 2 heterocycles. The molecule has 26 heavy (non-hydrogen) atoms. The highest BCUT2D eigenvalue weighted by Gasteiger charge is 2.16. The summed E-state index contributed by atoms with van der Waals surface area (Å²) in [6, 6.07) is 5.47. The average Bonchev–Trinajstić information content (AvgIpc) is 2.64. The number of hydrogen-bond donors (Lipinski definition) is 3. The number of halogens is 1. The van der Waals surface area contributed by atoms with Crippen molar-refractivity contribution in [1.29, 1.82) is 0 Å². The van der Waals surface area contributed by atoms with Crippen LogP contribution in [0.5, 0.6) is 0 Å². The van der Waals surface area contributed by atoms with Crippen molar-refractivity contribution in [2.24, 2.45) is 5.92 Å². The van der Waals surface area contributed by atoms with Gasteiger partial charge in [-0.05, 0) is 50.0 Å². The van der Waals surface area contributed by atoms with E-state index in [1.54, 1.807) is 6.07 Å². The lowest BCUT2D eigenvalue weighted by Gasteiger charge is -2.28. The van der Waals surface area contributed by atoms with Gasteiger partial charge in [-0.2, -0.15) is 0 Å². The van der Waals surface area contributed by atoms with E-state index >= 15 is 0 Å². The van der Waals surface area contributed by atoms with Gasteiger partial charge < -0.3 is 20.6 Å². The van der Waals surface area contributed by atoms with Gasteiger partial charge in [-0.3, -0.25) is 0 Å². The van der Waals surface area contributed by atoms with Crippen molar-refractivity contribution in [3.8, 4) is 0 Å². The Hall–Kier alpha value is -2.74. The van der Waals surface area contributed by atoms with Crippen molar-refractivity contribution < 1.29 is 14.3 Å². The van der Waals surface area contributed by atoms with Gasteiger partial charge in [-0.1, -0.05) is 0 Å². The van der Waals surface area contributed by atoms with Crippen LogP contribution in [-0.2, 0) is 0 Å². The maximum atomic E-state index is 14.1. The van der Waals surface area contributed by atoms with Crippen LogP contribution >= 0.6 is 0 Å². The van der Waals surface area contributed by atoms with Crippen LogP contribution in [-0.4, -0.2) is 47.7 Å². The number of aromatic nitrogens is 2. The highest BCUT2D eigenvalue weighted by atomic mass is 19.1. The molecular formula is C18H22FN5O2. The highest BCUT2D eigenvalue weighted by molar-refractivity contribution is 5.88. The number of carboxylic acid groups (broad SMARTS) is 1. The first-order chi connectivity index (χ1) is 12.5. The van der Waals surface area contributed by atoms with Crippen molar-refractivity contribution >= 4 is 23.3 Å². The van der Waals surface area contributed by atoms with Gasteiger partial charge in [0.2, 0.25) is 0 Å². The molecule has 1 aromatic heterocycles. The third kappa shape index (κ3) is 4.45. The summed E-state index contributed by atoms with van der Waals surface area (Å²) in [7, 11) is 1.98. The molecule has 0 bridgehead atoms. The minimum Gasteiger partial charge on any atom is -0.478 e. The second kappa shape index (κ2) is 8.09. The van der Waals surface area contributed by atoms with Crippen LogP contribution in [0.1, 0.15) is 23.2 Å². The summed E-state index contributed by atoms with van der Waals surface area (Å²) in [6.45, 7) is 2.99. The fourth-order valence-corrected chi connectivity index (χ4v) is 3.06. The third-order valence-electron chi connectivity index (χ3n) is 4.51. The number of rotatable bonds is 6. The summed E-state index contributed by atoms with van der Waals surface area (Å²) in [5, 5.41) is 15.1. The largest absolute Gasteiger partial charge is 0.478 e. The molecular weight excluding hydrogens is 337 g/mol. The molecule has 1 saturated heterocycles. The van der Waals surface area contributed by atoms with E-state index in [2.05, 4.69) is 25.5 Å². The topological polar surface area (TPSA) is 90.4 Å². The van der Waals surface area contributed by atoms with Crippen molar-refractivity contribution in [2.75, 3.05) is 36.9 Å². The van der Waals surface area contributed by atoms with E-state index in [0.29, 0.717) is 11.7 Å². The Balaban J connectivity index is 1.69. The van der Waals surface area contributed by atoms with E-state index in [9.17, 15) is 9.18 Å². The zero-order valence-corrected chi connectivity index (χ0v) is 14.6. The summed E-state index contributed by atoms with van der Waals surface area (Å²) in [5.41, 5.74) is 0.0683. The Morgan fingerprint density at radius 1 is 1.35 bits per heavy atom. The maximum absolute atomic E-state index is 14.1. The van der Waals surface area contributed by atoms with Crippen molar-refractivity contribution in [1.82, 2.24) is 15.3 Å². The van der Waals surface area contributed by atoms with E-state index in [4.69, 9.17) is 5.11 Å². The second-order valence-corrected chi connectivity index (χ2v) is 6.46. The van der Waals surface area contributed by atoms with Gasteiger partial charge in [0.05, 0.1) is 11.3 Å². The smallest absolute Gasteiger partial charge is 0.335 e. The molecule has 1 aliphatic heterocycles. The number of piperidine rings is 1. The Bertz CT molecular complexity index is 780. The molecule has 0 atom stereocenters. The first-order valence-electron chi connectivity index (χ1n) is 8.56. The lowest BCUT2D eigenvalue weighted by atomic mass is 9.98. The molecule has 0 unspecified atom stereocenters. The Labute approximate surface area is 151 Å². The van der Waals surface area contributed by atoms with Gasteiger partial charge in [0.25, 0.3) is 0 Å². The molecule has 0 saturated carbocycles. The van der Waals surface area contributed by atoms with E-state index in [-0.39, 0.29) is 11.3 Å². The first-order valence-corrected chi connectivity index (χ1v) is 8.56. The normalized spacial score (nSPS) is 14.8. The Kier molecular flexibility index (Phi) is 5.62. The molecule has 0 amide bonds. The monoisotopic (exact) mass is 359 g/mol. The zero-order chi connectivity index (χ0) is 18.5. The van der Waals surface area contributed by atoms with Crippen molar-refractivity contribution in [3.63, 3.8) is 0 Å². The summed E-state index contributed by atoms with van der Waals surface area (Å²) in [4.78, 5) is 21.4. The van der Waals surface area contributed by atoms with Crippen molar-refractivity contribution in [2.45, 2.75) is 12.8 Å². The molecule has 0 radical (unpaired) electrons. The lowest BCUT2D eigenvalue weighted by Crippen LogP contribution is -2.34. The highest BCUT2D eigenvalue weighted by Crippen LogP contribution is 2.23. The second-order valence-electron chi connectivity index (χ2n) is 6.46. The SMILES string of the molecule is CN(CC1CCNCC1)c1cc(Nc2ccc(C(=O)O)cc2F)ncn1. The van der Waals surface area contributed by atoms with Crippen LogP contribution in [0.25, 0.3) is 0 Å². The fraction of sp³-hybridized carbons (Fsp3) is 0.389. The lowest BCUT2D eigenvalue weighted by molar-refractivity contribution is 0.0696. The predicted octanol–water partition coefficient (Wildman–Crippen LogP) is 2.49. The molecule has 1 aromatic carbocycles. The van der Waals surface area contributed by atoms with Gasteiger partial charge in [0.15, 0.2) is 0 Å². The van der Waals surface area contributed by atoms with Crippen LogP contribution in [0.3, 0.4) is 0 Å². The van der Waals surface area contributed by atoms with Gasteiger partial charge in [0, 0.05) is 19.7 Å². The van der Waals surface area contributed by atoms with Gasteiger partial charge in [0.1, 0.15) is 23.8 Å². The van der Waals surface area contributed by atoms with Gasteiger partial charge in [-0.15, -0.1) is 0 Å². The van der Waals surface area contributed by atoms with Crippen LogP contribution < -0.4 is 15.5 Å². The van der Waals surface area contributed by atoms with Crippen LogP contribution in [0.15, 0.2) is 30.6 Å². The molecule has 8 heteroatoms. The first kappa shape index (κ1) is 18.1. The molecule has 0 spiro atoms. The van der Waals surface area contributed by atoms with Gasteiger partial charge >= 0.3 is 5.97 Å². The number of nitrogens with one attached hydrogen (secondary N) is 2. The molecule has 2 aromatic rings. The average molecular weight is 359 g/mol. The standard InChI is InChI=1S/C18H22FN5O2/c1-24(10-12-4-6-20-7-5-12)17-9-16(21-11-22-17)23-15-3-2-13(18(25)26)8-14(15)19/h2-3,8-9,11-12,20H,4-7,10H2,1H3,(H,25,26)(H,21,22,23). The molecule has 7 nitrogen and oxygen atoms in total. The Morgan fingerprint density at radius 3 is 2.81 bits per heavy atom. The molecule has 3 rings (SSSR count). The number of aromatic carboxylic acids is 1. The Morgan fingerprint density at radius 2 is 2.12 bits per heavy atom. The van der Waals surface area contributed by atoms with Crippen LogP contribution in [0, 0.1) is 11.7 Å². The summed E-state index contributed by atoms with van der Waals surface area (Å²) < 4.78 is 14.1. The van der Waals surface area contributed by atoms with E-state index < -0.39 is 11.8 Å². The van der Waals surface area contributed by atoms with Crippen molar-refractivity contribution in [3.05, 3.63) is 42.0 Å². The van der Waals surface area contributed by atoms with Gasteiger partial charge in [-0.25, -0.2) is 19.2 Å². The number of nitrogens with zero attached hydrogens (tertiary/aromatic N) is 3.